The van der Waals surface area contributed by atoms with E-state index < -0.39 is 4.92 Å². The summed E-state index contributed by atoms with van der Waals surface area (Å²) in [5, 5.41) is 14.0. The van der Waals surface area contributed by atoms with Crippen LogP contribution in [0.4, 0.5) is 5.69 Å². The van der Waals surface area contributed by atoms with Gasteiger partial charge in [0, 0.05) is 17.7 Å². The van der Waals surface area contributed by atoms with Crippen LogP contribution in [0.3, 0.4) is 0 Å². The summed E-state index contributed by atoms with van der Waals surface area (Å²) in [5.74, 6) is 1.08. The van der Waals surface area contributed by atoms with Gasteiger partial charge >= 0.3 is 0 Å². The molecule has 0 saturated carbocycles. The van der Waals surface area contributed by atoms with E-state index >= 15 is 0 Å². The topological polar surface area (TPSA) is 64.4 Å². The first-order chi connectivity index (χ1) is 10.0. The Bertz CT molecular complexity index is 661. The Balaban J connectivity index is 2.38. The van der Waals surface area contributed by atoms with Gasteiger partial charge in [0.25, 0.3) is 5.69 Å². The van der Waals surface area contributed by atoms with E-state index in [2.05, 4.69) is 21.2 Å². The lowest BCUT2D eigenvalue weighted by Crippen LogP contribution is -2.13. The Morgan fingerprint density at radius 3 is 2.62 bits per heavy atom. The molecule has 1 N–H and O–H groups in total. The smallest absolute Gasteiger partial charge is 0.273 e. The number of benzene rings is 2. The maximum Gasteiger partial charge on any atom is 0.273 e. The van der Waals surface area contributed by atoms with Gasteiger partial charge < -0.3 is 10.1 Å². The second-order valence-electron chi connectivity index (χ2n) is 4.52. The molecular formula is C15H15BrN2O3. The molecule has 0 amide bonds. The third-order valence-electron chi connectivity index (χ3n) is 3.16. The molecule has 2 aromatic carbocycles. The highest BCUT2D eigenvalue weighted by atomic mass is 79.9. The minimum absolute atomic E-state index is 0.00709. The average Bonchev–Trinajstić information content (AvgIpc) is 2.49. The summed E-state index contributed by atoms with van der Waals surface area (Å²) in [6, 6.07) is 12.2. The molecule has 6 heteroatoms. The summed E-state index contributed by atoms with van der Waals surface area (Å²) in [5.41, 5.74) is 0.978. The average molecular weight is 351 g/mol. The third-order valence-corrected chi connectivity index (χ3v) is 3.82. The molecule has 1 atom stereocenters. The van der Waals surface area contributed by atoms with Gasteiger partial charge in [0.05, 0.1) is 15.5 Å². The molecule has 0 saturated heterocycles. The molecule has 21 heavy (non-hydrogen) atoms. The van der Waals surface area contributed by atoms with E-state index in [1.165, 1.54) is 12.1 Å². The van der Waals surface area contributed by atoms with Gasteiger partial charge in [-0.1, -0.05) is 18.2 Å². The SMILES string of the molecule is CNC(C)c1ccccc1Oc1cc([N+](=O)[O-])ccc1Br. The summed E-state index contributed by atoms with van der Waals surface area (Å²) >= 11 is 3.35. The van der Waals surface area contributed by atoms with Crippen LogP contribution in [0.5, 0.6) is 11.5 Å². The van der Waals surface area contributed by atoms with Crippen molar-refractivity contribution in [1.82, 2.24) is 5.32 Å². The monoisotopic (exact) mass is 350 g/mol. The van der Waals surface area contributed by atoms with Crippen LogP contribution in [-0.2, 0) is 0 Å². The number of non-ortho nitro benzene ring substituents is 1. The van der Waals surface area contributed by atoms with E-state index in [0.717, 1.165) is 5.56 Å². The fraction of sp³-hybridized carbons (Fsp3) is 0.200. The van der Waals surface area contributed by atoms with Crippen molar-refractivity contribution in [3.05, 3.63) is 62.6 Å². The van der Waals surface area contributed by atoms with E-state index in [-0.39, 0.29) is 11.7 Å². The van der Waals surface area contributed by atoms with Crippen molar-refractivity contribution in [3.63, 3.8) is 0 Å². The molecule has 0 heterocycles. The van der Waals surface area contributed by atoms with Crippen molar-refractivity contribution in [2.45, 2.75) is 13.0 Å². The molecule has 1 unspecified atom stereocenters. The maximum atomic E-state index is 10.9. The Labute approximate surface area is 131 Å². The Morgan fingerprint density at radius 2 is 1.95 bits per heavy atom. The van der Waals surface area contributed by atoms with Crippen molar-refractivity contribution < 1.29 is 9.66 Å². The fourth-order valence-electron chi connectivity index (χ4n) is 1.89. The molecule has 0 aromatic heterocycles. The number of hydrogen-bond acceptors (Lipinski definition) is 4. The van der Waals surface area contributed by atoms with E-state index in [1.807, 2.05) is 38.2 Å². The molecule has 0 aliphatic carbocycles. The van der Waals surface area contributed by atoms with Gasteiger partial charge in [0.15, 0.2) is 0 Å². The first kappa shape index (κ1) is 15.5. The highest BCUT2D eigenvalue weighted by Gasteiger charge is 2.14. The second kappa shape index (κ2) is 6.69. The van der Waals surface area contributed by atoms with E-state index in [0.29, 0.717) is 16.0 Å². The van der Waals surface area contributed by atoms with Crippen molar-refractivity contribution in [1.29, 1.82) is 0 Å². The second-order valence-corrected chi connectivity index (χ2v) is 5.38. The van der Waals surface area contributed by atoms with Crippen LogP contribution in [0.2, 0.25) is 0 Å². The van der Waals surface area contributed by atoms with Crippen LogP contribution in [0.25, 0.3) is 0 Å². The Hall–Kier alpha value is -1.92. The maximum absolute atomic E-state index is 10.9. The lowest BCUT2D eigenvalue weighted by atomic mass is 10.1. The molecule has 110 valence electrons. The van der Waals surface area contributed by atoms with Crippen molar-refractivity contribution >= 4 is 21.6 Å². The van der Waals surface area contributed by atoms with Crippen LogP contribution in [-0.4, -0.2) is 12.0 Å². The molecule has 2 aromatic rings. The predicted molar refractivity (Wildman–Crippen MR) is 84.8 cm³/mol. The number of nitro benzene ring substituents is 1. The van der Waals surface area contributed by atoms with Crippen molar-refractivity contribution in [3.8, 4) is 11.5 Å². The number of hydrogen-bond donors (Lipinski definition) is 1. The molecule has 0 fully saturated rings. The molecule has 0 aliphatic heterocycles. The van der Waals surface area contributed by atoms with Crippen molar-refractivity contribution in [2.24, 2.45) is 0 Å². The largest absolute Gasteiger partial charge is 0.456 e. The standard InChI is InChI=1S/C15H15BrN2O3/c1-10(17-2)12-5-3-4-6-14(12)21-15-9-11(18(19)20)7-8-13(15)16/h3-10,17H,1-2H3. The molecule has 0 aliphatic rings. The van der Waals surface area contributed by atoms with E-state index in [4.69, 9.17) is 4.74 Å². The Kier molecular flexibility index (Phi) is 4.93. The number of ether oxygens (including phenoxy) is 1. The van der Waals surface area contributed by atoms with Crippen LogP contribution in [0, 0.1) is 10.1 Å². The number of rotatable bonds is 5. The number of halogens is 1. The molecule has 5 nitrogen and oxygen atoms in total. The van der Waals surface area contributed by atoms with Crippen LogP contribution < -0.4 is 10.1 Å². The summed E-state index contributed by atoms with van der Waals surface area (Å²) in [6.45, 7) is 2.02. The quantitative estimate of drug-likeness (QED) is 0.639. The fourth-order valence-corrected chi connectivity index (χ4v) is 2.22. The summed E-state index contributed by atoms with van der Waals surface area (Å²) in [6.07, 6.45) is 0. The number of nitrogens with one attached hydrogen (secondary N) is 1. The highest BCUT2D eigenvalue weighted by Crippen LogP contribution is 2.35. The predicted octanol–water partition coefficient (Wildman–Crippen LogP) is 4.43. The minimum atomic E-state index is -0.443. The van der Waals surface area contributed by atoms with Crippen LogP contribution in [0.15, 0.2) is 46.9 Å². The normalized spacial score (nSPS) is 12.0. The van der Waals surface area contributed by atoms with Gasteiger partial charge in [0.1, 0.15) is 11.5 Å². The van der Waals surface area contributed by atoms with Gasteiger partial charge in [-0.3, -0.25) is 10.1 Å². The number of nitro groups is 1. The first-order valence-corrected chi connectivity index (χ1v) is 7.20. The summed E-state index contributed by atoms with van der Waals surface area (Å²) < 4.78 is 6.53. The van der Waals surface area contributed by atoms with Gasteiger partial charge in [0.2, 0.25) is 0 Å². The van der Waals surface area contributed by atoms with Crippen molar-refractivity contribution in [2.75, 3.05) is 7.05 Å². The van der Waals surface area contributed by atoms with Gasteiger partial charge in [-0.25, -0.2) is 0 Å². The molecule has 0 spiro atoms. The van der Waals surface area contributed by atoms with Crippen LogP contribution in [0.1, 0.15) is 18.5 Å². The molecular weight excluding hydrogens is 336 g/mol. The lowest BCUT2D eigenvalue weighted by Gasteiger charge is -2.16. The van der Waals surface area contributed by atoms with Gasteiger partial charge in [-0.05, 0) is 42.0 Å². The first-order valence-electron chi connectivity index (χ1n) is 6.41. The molecule has 0 bridgehead atoms. The minimum Gasteiger partial charge on any atom is -0.456 e. The molecule has 2 rings (SSSR count). The number of para-hydroxylation sites is 1. The van der Waals surface area contributed by atoms with E-state index in [9.17, 15) is 10.1 Å². The van der Waals surface area contributed by atoms with Gasteiger partial charge in [-0.15, -0.1) is 0 Å². The lowest BCUT2D eigenvalue weighted by molar-refractivity contribution is -0.384. The third kappa shape index (κ3) is 3.59. The summed E-state index contributed by atoms with van der Waals surface area (Å²) in [7, 11) is 1.87. The van der Waals surface area contributed by atoms with Gasteiger partial charge in [-0.2, -0.15) is 0 Å². The zero-order chi connectivity index (χ0) is 15.4. The zero-order valence-electron chi connectivity index (χ0n) is 11.7. The Morgan fingerprint density at radius 1 is 1.24 bits per heavy atom. The zero-order valence-corrected chi connectivity index (χ0v) is 13.3. The van der Waals surface area contributed by atoms with E-state index in [1.54, 1.807) is 6.07 Å². The van der Waals surface area contributed by atoms with Crippen LogP contribution >= 0.6 is 15.9 Å². The highest BCUT2D eigenvalue weighted by molar-refractivity contribution is 9.10. The summed E-state index contributed by atoms with van der Waals surface area (Å²) in [4.78, 5) is 10.4. The number of nitrogens with zero attached hydrogens (tertiary/aromatic N) is 1. The molecule has 0 radical (unpaired) electrons.